The zero-order valence-electron chi connectivity index (χ0n) is 14.6. The lowest BCUT2D eigenvalue weighted by Crippen LogP contribution is -2.39. The SMILES string of the molecule is CN(C)CCCN(CCCN(C)C)C(=O)C1CCCCC1. The first kappa shape index (κ1) is 18.4. The quantitative estimate of drug-likeness (QED) is 0.653. The zero-order chi connectivity index (χ0) is 15.7. The van der Waals surface area contributed by atoms with E-state index >= 15 is 0 Å². The standard InChI is InChI=1S/C17H35N3O/c1-18(2)12-8-14-20(15-9-13-19(3)4)17(21)16-10-6-5-7-11-16/h16H,5-15H2,1-4H3. The molecule has 1 amide bonds. The van der Waals surface area contributed by atoms with E-state index in [1.807, 2.05) is 0 Å². The summed E-state index contributed by atoms with van der Waals surface area (Å²) in [4.78, 5) is 19.3. The van der Waals surface area contributed by atoms with Crippen molar-refractivity contribution in [2.75, 3.05) is 54.4 Å². The van der Waals surface area contributed by atoms with Gasteiger partial charge in [-0.15, -0.1) is 0 Å². The molecule has 0 spiro atoms. The van der Waals surface area contributed by atoms with Crippen LogP contribution in [0.4, 0.5) is 0 Å². The summed E-state index contributed by atoms with van der Waals surface area (Å²) in [7, 11) is 8.39. The molecule has 0 saturated heterocycles. The fourth-order valence-electron chi connectivity index (χ4n) is 3.10. The number of hydrogen-bond donors (Lipinski definition) is 0. The van der Waals surface area contributed by atoms with Crippen molar-refractivity contribution in [2.45, 2.75) is 44.9 Å². The third-order valence-corrected chi connectivity index (χ3v) is 4.33. The molecule has 0 atom stereocenters. The highest BCUT2D eigenvalue weighted by molar-refractivity contribution is 5.78. The third-order valence-electron chi connectivity index (χ3n) is 4.33. The normalized spacial score (nSPS) is 16.7. The Morgan fingerprint density at radius 2 is 1.29 bits per heavy atom. The Morgan fingerprint density at radius 3 is 1.71 bits per heavy atom. The molecule has 4 heteroatoms. The van der Waals surface area contributed by atoms with Crippen molar-refractivity contribution in [3.05, 3.63) is 0 Å². The maximum atomic E-state index is 12.7. The predicted molar refractivity (Wildman–Crippen MR) is 89.5 cm³/mol. The second-order valence-corrected chi connectivity index (χ2v) is 6.97. The molecule has 0 aromatic heterocycles. The fourth-order valence-corrected chi connectivity index (χ4v) is 3.10. The Bertz CT molecular complexity index is 272. The van der Waals surface area contributed by atoms with Crippen LogP contribution in [-0.2, 0) is 4.79 Å². The van der Waals surface area contributed by atoms with E-state index < -0.39 is 0 Å². The van der Waals surface area contributed by atoms with Crippen LogP contribution in [0.25, 0.3) is 0 Å². The maximum absolute atomic E-state index is 12.7. The van der Waals surface area contributed by atoms with Gasteiger partial charge in [0.05, 0.1) is 0 Å². The van der Waals surface area contributed by atoms with Crippen molar-refractivity contribution in [3.8, 4) is 0 Å². The van der Waals surface area contributed by atoms with Crippen molar-refractivity contribution in [1.82, 2.24) is 14.7 Å². The molecule has 0 unspecified atom stereocenters. The van der Waals surface area contributed by atoms with Crippen LogP contribution in [-0.4, -0.2) is 75.0 Å². The molecular formula is C17H35N3O. The van der Waals surface area contributed by atoms with E-state index in [4.69, 9.17) is 0 Å². The van der Waals surface area contributed by atoms with Gasteiger partial charge in [0.1, 0.15) is 0 Å². The molecule has 1 rings (SSSR count). The molecule has 4 nitrogen and oxygen atoms in total. The first-order valence-corrected chi connectivity index (χ1v) is 8.59. The monoisotopic (exact) mass is 297 g/mol. The van der Waals surface area contributed by atoms with Gasteiger partial charge in [-0.25, -0.2) is 0 Å². The molecule has 1 fully saturated rings. The molecule has 0 aromatic carbocycles. The lowest BCUT2D eigenvalue weighted by molar-refractivity contribution is -0.136. The van der Waals surface area contributed by atoms with Crippen LogP contribution in [0.1, 0.15) is 44.9 Å². The van der Waals surface area contributed by atoms with E-state index in [-0.39, 0.29) is 0 Å². The van der Waals surface area contributed by atoms with Gasteiger partial charge in [0.15, 0.2) is 0 Å². The molecule has 0 N–H and O–H groups in total. The molecule has 1 aliphatic carbocycles. The Kier molecular flexibility index (Phi) is 8.93. The molecule has 0 aliphatic heterocycles. The van der Waals surface area contributed by atoms with Gasteiger partial charge < -0.3 is 14.7 Å². The summed E-state index contributed by atoms with van der Waals surface area (Å²) in [6.45, 7) is 3.95. The molecule has 124 valence electrons. The maximum Gasteiger partial charge on any atom is 0.225 e. The highest BCUT2D eigenvalue weighted by Gasteiger charge is 2.25. The zero-order valence-corrected chi connectivity index (χ0v) is 14.6. The number of nitrogens with zero attached hydrogens (tertiary/aromatic N) is 3. The topological polar surface area (TPSA) is 26.8 Å². The van der Waals surface area contributed by atoms with E-state index in [1.165, 1.54) is 19.3 Å². The van der Waals surface area contributed by atoms with Gasteiger partial charge >= 0.3 is 0 Å². The molecule has 0 aromatic rings. The highest BCUT2D eigenvalue weighted by atomic mass is 16.2. The summed E-state index contributed by atoms with van der Waals surface area (Å²) < 4.78 is 0. The van der Waals surface area contributed by atoms with Gasteiger partial charge in [0, 0.05) is 19.0 Å². The average Bonchev–Trinajstić information content (AvgIpc) is 2.45. The summed E-state index contributed by atoms with van der Waals surface area (Å²) in [5.41, 5.74) is 0. The first-order chi connectivity index (χ1) is 10.0. The van der Waals surface area contributed by atoms with Gasteiger partial charge in [0.2, 0.25) is 5.91 Å². The Labute approximate surface area is 131 Å². The van der Waals surface area contributed by atoms with Crippen LogP contribution in [0.3, 0.4) is 0 Å². The molecule has 0 radical (unpaired) electrons. The van der Waals surface area contributed by atoms with Gasteiger partial charge in [-0.1, -0.05) is 19.3 Å². The largest absolute Gasteiger partial charge is 0.342 e. The minimum Gasteiger partial charge on any atom is -0.342 e. The molecule has 1 aliphatic rings. The van der Waals surface area contributed by atoms with Crippen LogP contribution in [0.2, 0.25) is 0 Å². The first-order valence-electron chi connectivity index (χ1n) is 8.59. The van der Waals surface area contributed by atoms with Crippen molar-refractivity contribution in [3.63, 3.8) is 0 Å². The summed E-state index contributed by atoms with van der Waals surface area (Å²) in [5.74, 6) is 0.727. The summed E-state index contributed by atoms with van der Waals surface area (Å²) >= 11 is 0. The van der Waals surface area contributed by atoms with E-state index in [0.29, 0.717) is 11.8 Å². The molecular weight excluding hydrogens is 262 g/mol. The lowest BCUT2D eigenvalue weighted by atomic mass is 9.88. The molecule has 0 bridgehead atoms. The van der Waals surface area contributed by atoms with Crippen molar-refractivity contribution in [2.24, 2.45) is 5.92 Å². The average molecular weight is 297 g/mol. The number of hydrogen-bond acceptors (Lipinski definition) is 3. The summed E-state index contributed by atoms with van der Waals surface area (Å²) in [5, 5.41) is 0. The van der Waals surface area contributed by atoms with Crippen molar-refractivity contribution >= 4 is 5.91 Å². The Balaban J connectivity index is 2.45. The van der Waals surface area contributed by atoms with Gasteiger partial charge in [-0.2, -0.15) is 0 Å². The predicted octanol–water partition coefficient (Wildman–Crippen LogP) is 2.30. The highest BCUT2D eigenvalue weighted by Crippen LogP contribution is 2.25. The van der Waals surface area contributed by atoms with Crippen LogP contribution < -0.4 is 0 Å². The van der Waals surface area contributed by atoms with Crippen LogP contribution in [0.15, 0.2) is 0 Å². The fraction of sp³-hybridized carbons (Fsp3) is 0.941. The number of amides is 1. The van der Waals surface area contributed by atoms with Crippen LogP contribution in [0.5, 0.6) is 0 Å². The smallest absolute Gasteiger partial charge is 0.225 e. The molecule has 1 saturated carbocycles. The molecule has 0 heterocycles. The Morgan fingerprint density at radius 1 is 0.810 bits per heavy atom. The third kappa shape index (κ3) is 7.82. The van der Waals surface area contributed by atoms with E-state index in [0.717, 1.165) is 51.9 Å². The van der Waals surface area contributed by atoms with Crippen LogP contribution >= 0.6 is 0 Å². The summed E-state index contributed by atoms with van der Waals surface area (Å²) in [6, 6.07) is 0. The van der Waals surface area contributed by atoms with Crippen LogP contribution in [0, 0.1) is 5.92 Å². The number of carbonyl (C=O) groups excluding carboxylic acids is 1. The van der Waals surface area contributed by atoms with E-state index in [1.54, 1.807) is 0 Å². The Hall–Kier alpha value is -0.610. The lowest BCUT2D eigenvalue weighted by Gasteiger charge is -2.30. The number of rotatable bonds is 9. The molecule has 21 heavy (non-hydrogen) atoms. The van der Waals surface area contributed by atoms with Gasteiger partial charge in [0.25, 0.3) is 0 Å². The minimum absolute atomic E-state index is 0.303. The van der Waals surface area contributed by atoms with Crippen molar-refractivity contribution < 1.29 is 4.79 Å². The van der Waals surface area contributed by atoms with E-state index in [9.17, 15) is 4.79 Å². The second kappa shape index (κ2) is 10.2. The van der Waals surface area contributed by atoms with Gasteiger partial charge in [-0.3, -0.25) is 4.79 Å². The second-order valence-electron chi connectivity index (χ2n) is 6.97. The van der Waals surface area contributed by atoms with Crippen molar-refractivity contribution in [1.29, 1.82) is 0 Å². The number of carbonyl (C=O) groups is 1. The van der Waals surface area contributed by atoms with Gasteiger partial charge in [-0.05, 0) is 67.0 Å². The van der Waals surface area contributed by atoms with E-state index in [2.05, 4.69) is 42.9 Å². The summed E-state index contributed by atoms with van der Waals surface area (Å²) in [6.07, 6.45) is 8.15. The minimum atomic E-state index is 0.303.